The number of aliphatic hydroxyl groups excluding tert-OH is 1. The number of hydrogen-bond acceptors (Lipinski definition) is 3. The number of rotatable bonds is 2. The molecule has 0 spiro atoms. The molecule has 0 amide bonds. The fraction of sp³-hybridized carbons (Fsp3) is 0.143. The van der Waals surface area contributed by atoms with Crippen LogP contribution in [0.1, 0.15) is 16.1 Å². The number of aromatic nitrogens is 1. The number of aromatic carboxylic acids is 1. The lowest BCUT2D eigenvalue weighted by molar-refractivity contribution is 0.0696. The Labute approximate surface area is 77.0 Å². The molecule has 0 radical (unpaired) electrons. The number of aliphatic hydroxyl groups is 1. The van der Waals surface area contributed by atoms with Crippen LogP contribution in [0.15, 0.2) is 16.7 Å². The van der Waals surface area contributed by atoms with Crippen molar-refractivity contribution < 1.29 is 15.0 Å². The van der Waals surface area contributed by atoms with Crippen molar-refractivity contribution in [2.24, 2.45) is 0 Å². The second-order valence-corrected chi connectivity index (χ2v) is 2.97. The Morgan fingerprint density at radius 1 is 1.67 bits per heavy atom. The molecule has 1 aromatic rings. The molecule has 5 heteroatoms. The lowest BCUT2D eigenvalue weighted by Gasteiger charge is -1.99. The topological polar surface area (TPSA) is 70.4 Å². The fourth-order valence-electron chi connectivity index (χ4n) is 0.700. The molecule has 0 saturated heterocycles. The zero-order valence-corrected chi connectivity index (χ0v) is 7.58. The lowest BCUT2D eigenvalue weighted by Crippen LogP contribution is -1.99. The number of hydrogen-bond donors (Lipinski definition) is 2. The van der Waals surface area contributed by atoms with Gasteiger partial charge >= 0.3 is 5.97 Å². The maximum absolute atomic E-state index is 10.4. The predicted octanol–water partition coefficient (Wildman–Crippen LogP) is 1.03. The van der Waals surface area contributed by atoms with Crippen molar-refractivity contribution in [3.63, 3.8) is 0 Å². The largest absolute Gasteiger partial charge is 0.478 e. The molecule has 0 aliphatic rings. The Bertz CT molecular complexity index is 314. The minimum Gasteiger partial charge on any atom is -0.478 e. The van der Waals surface area contributed by atoms with E-state index in [1.54, 1.807) is 0 Å². The summed E-state index contributed by atoms with van der Waals surface area (Å²) in [7, 11) is 0. The van der Waals surface area contributed by atoms with E-state index in [9.17, 15) is 4.79 Å². The minimum absolute atomic E-state index is 0.0964. The zero-order valence-electron chi connectivity index (χ0n) is 5.99. The first-order chi connectivity index (χ1) is 5.65. The first-order valence-corrected chi connectivity index (χ1v) is 3.93. The second-order valence-electron chi connectivity index (χ2n) is 2.12. The molecular weight excluding hydrogens is 226 g/mol. The molecule has 1 aromatic heterocycles. The Morgan fingerprint density at radius 3 is 2.75 bits per heavy atom. The molecule has 0 aromatic carbocycles. The number of carboxylic acid groups (broad SMARTS) is 1. The van der Waals surface area contributed by atoms with Crippen LogP contribution in [-0.2, 0) is 6.61 Å². The number of nitrogens with zero attached hydrogens (tertiary/aromatic N) is 1. The van der Waals surface area contributed by atoms with Crippen molar-refractivity contribution >= 4 is 21.9 Å². The van der Waals surface area contributed by atoms with Gasteiger partial charge in [-0.05, 0) is 22.0 Å². The highest BCUT2D eigenvalue weighted by atomic mass is 79.9. The van der Waals surface area contributed by atoms with Crippen molar-refractivity contribution in [3.8, 4) is 0 Å². The standard InChI is InChI=1S/C7H6BrNO3/c8-5-1-4(7(11)12)2-9-6(5)3-10/h1-2,10H,3H2,(H,11,12). The van der Waals surface area contributed by atoms with Crippen molar-refractivity contribution in [3.05, 3.63) is 28.0 Å². The van der Waals surface area contributed by atoms with Gasteiger partial charge in [0.25, 0.3) is 0 Å². The van der Waals surface area contributed by atoms with Crippen molar-refractivity contribution in [1.82, 2.24) is 4.98 Å². The third kappa shape index (κ3) is 1.80. The van der Waals surface area contributed by atoms with Crippen LogP contribution >= 0.6 is 15.9 Å². The zero-order chi connectivity index (χ0) is 9.14. The van der Waals surface area contributed by atoms with Gasteiger partial charge in [-0.2, -0.15) is 0 Å². The van der Waals surface area contributed by atoms with Gasteiger partial charge in [0.2, 0.25) is 0 Å². The van der Waals surface area contributed by atoms with E-state index in [1.165, 1.54) is 12.3 Å². The van der Waals surface area contributed by atoms with E-state index < -0.39 is 5.97 Å². The molecule has 0 atom stereocenters. The third-order valence-electron chi connectivity index (χ3n) is 1.31. The van der Waals surface area contributed by atoms with Gasteiger partial charge in [-0.3, -0.25) is 4.98 Å². The van der Waals surface area contributed by atoms with E-state index in [1.807, 2.05) is 0 Å². The molecule has 2 N–H and O–H groups in total. The van der Waals surface area contributed by atoms with Crippen molar-refractivity contribution in [2.75, 3.05) is 0 Å². The van der Waals surface area contributed by atoms with Gasteiger partial charge in [-0.1, -0.05) is 0 Å². The van der Waals surface area contributed by atoms with Gasteiger partial charge in [-0.25, -0.2) is 4.79 Å². The first-order valence-electron chi connectivity index (χ1n) is 3.13. The third-order valence-corrected chi connectivity index (χ3v) is 2.00. The van der Waals surface area contributed by atoms with Gasteiger partial charge in [0.15, 0.2) is 0 Å². The maximum Gasteiger partial charge on any atom is 0.337 e. The van der Waals surface area contributed by atoms with E-state index >= 15 is 0 Å². The summed E-state index contributed by atoms with van der Waals surface area (Å²) in [6, 6.07) is 1.40. The van der Waals surface area contributed by atoms with E-state index in [-0.39, 0.29) is 12.2 Å². The number of halogens is 1. The SMILES string of the molecule is O=C(O)c1cnc(CO)c(Br)c1. The Hall–Kier alpha value is -0.940. The summed E-state index contributed by atoms with van der Waals surface area (Å²) in [6.45, 7) is -0.208. The van der Waals surface area contributed by atoms with E-state index in [0.717, 1.165) is 0 Å². The van der Waals surface area contributed by atoms with Gasteiger partial charge in [-0.15, -0.1) is 0 Å². The lowest BCUT2D eigenvalue weighted by atomic mass is 10.2. The van der Waals surface area contributed by atoms with Gasteiger partial charge in [0.1, 0.15) is 0 Å². The highest BCUT2D eigenvalue weighted by Gasteiger charge is 2.06. The normalized spacial score (nSPS) is 9.83. The first kappa shape index (κ1) is 9.15. The predicted molar refractivity (Wildman–Crippen MR) is 44.8 cm³/mol. The van der Waals surface area contributed by atoms with Crippen LogP contribution in [0.2, 0.25) is 0 Å². The molecule has 1 rings (SSSR count). The summed E-state index contributed by atoms with van der Waals surface area (Å²) in [5.74, 6) is -1.03. The van der Waals surface area contributed by atoms with Gasteiger partial charge in [0.05, 0.1) is 17.9 Å². The van der Waals surface area contributed by atoms with Crippen LogP contribution < -0.4 is 0 Å². The molecule has 0 unspecified atom stereocenters. The number of carboxylic acids is 1. The van der Waals surface area contributed by atoms with Crippen LogP contribution in [0.3, 0.4) is 0 Å². The van der Waals surface area contributed by atoms with Crippen LogP contribution in [0.25, 0.3) is 0 Å². The highest BCUT2D eigenvalue weighted by molar-refractivity contribution is 9.10. The molecule has 1 heterocycles. The molecule has 64 valence electrons. The fourth-order valence-corrected chi connectivity index (χ4v) is 1.17. The number of carbonyl (C=O) groups is 1. The average Bonchev–Trinajstić information content (AvgIpc) is 2.04. The van der Waals surface area contributed by atoms with E-state index in [4.69, 9.17) is 10.2 Å². The summed E-state index contributed by atoms with van der Waals surface area (Å²) in [5.41, 5.74) is 0.527. The number of pyridine rings is 1. The van der Waals surface area contributed by atoms with E-state index in [2.05, 4.69) is 20.9 Å². The summed E-state index contributed by atoms with van der Waals surface area (Å²) in [6.07, 6.45) is 1.21. The second kappa shape index (κ2) is 3.64. The monoisotopic (exact) mass is 231 g/mol. The van der Waals surface area contributed by atoms with Crippen LogP contribution in [0.4, 0.5) is 0 Å². The molecule has 0 bridgehead atoms. The van der Waals surface area contributed by atoms with Crippen LogP contribution in [-0.4, -0.2) is 21.2 Å². The van der Waals surface area contributed by atoms with E-state index in [0.29, 0.717) is 10.2 Å². The van der Waals surface area contributed by atoms with Crippen LogP contribution in [0.5, 0.6) is 0 Å². The van der Waals surface area contributed by atoms with Crippen molar-refractivity contribution in [1.29, 1.82) is 0 Å². The maximum atomic E-state index is 10.4. The molecular formula is C7H6BrNO3. The summed E-state index contributed by atoms with van der Waals surface area (Å²) in [5, 5.41) is 17.3. The Morgan fingerprint density at radius 2 is 2.33 bits per heavy atom. The van der Waals surface area contributed by atoms with Crippen LogP contribution in [0, 0.1) is 0 Å². The minimum atomic E-state index is -1.03. The molecule has 0 saturated carbocycles. The average molecular weight is 232 g/mol. The summed E-state index contributed by atoms with van der Waals surface area (Å²) < 4.78 is 0.505. The molecule has 12 heavy (non-hydrogen) atoms. The molecule has 0 fully saturated rings. The molecule has 0 aliphatic heterocycles. The summed E-state index contributed by atoms with van der Waals surface area (Å²) in [4.78, 5) is 14.2. The molecule has 0 aliphatic carbocycles. The Balaban J connectivity index is 3.10. The van der Waals surface area contributed by atoms with Gasteiger partial charge < -0.3 is 10.2 Å². The summed E-state index contributed by atoms with van der Waals surface area (Å²) >= 11 is 3.09. The molecule has 4 nitrogen and oxygen atoms in total. The Kier molecular flexibility index (Phi) is 2.78. The highest BCUT2D eigenvalue weighted by Crippen LogP contribution is 2.15. The smallest absolute Gasteiger partial charge is 0.337 e. The van der Waals surface area contributed by atoms with Crippen molar-refractivity contribution in [2.45, 2.75) is 6.61 Å². The quantitative estimate of drug-likeness (QED) is 0.798. The van der Waals surface area contributed by atoms with Gasteiger partial charge in [0, 0.05) is 10.7 Å².